The molecule has 0 heterocycles. The number of sulfonamides is 1. The van der Waals surface area contributed by atoms with Crippen molar-refractivity contribution < 1.29 is 22.0 Å². The highest BCUT2D eigenvalue weighted by Gasteiger charge is 2.26. The summed E-state index contributed by atoms with van der Waals surface area (Å²) in [4.78, 5) is 13.3. The second-order valence-electron chi connectivity index (χ2n) is 5.87. The van der Waals surface area contributed by atoms with E-state index in [9.17, 15) is 22.0 Å². The molecule has 0 bridgehead atoms. The maximum absolute atomic E-state index is 13.3. The summed E-state index contributed by atoms with van der Waals surface area (Å²) in [6.07, 6.45) is 0. The third kappa shape index (κ3) is 4.67. The van der Waals surface area contributed by atoms with E-state index in [2.05, 4.69) is 0 Å². The quantitative estimate of drug-likeness (QED) is 0.753. The first kappa shape index (κ1) is 20.5. The zero-order valence-corrected chi connectivity index (χ0v) is 15.5. The monoisotopic (exact) mass is 393 g/mol. The molecule has 2 aromatic carbocycles. The fourth-order valence-corrected chi connectivity index (χ4v) is 3.61. The highest BCUT2D eigenvalue weighted by molar-refractivity contribution is 7.89. The molecule has 9 heteroatoms. The Kier molecular flexibility index (Phi) is 6.25. The molecule has 2 rings (SSSR count). The Bertz CT molecular complexity index is 1000. The summed E-state index contributed by atoms with van der Waals surface area (Å²) in [5, 5.41) is 9.07. The molecule has 1 amide bonds. The number of rotatable bonds is 6. The number of likely N-dealkylation sites (N-methyl/N-ethyl adjacent to an activating group) is 2. The van der Waals surface area contributed by atoms with Gasteiger partial charge in [0.2, 0.25) is 15.9 Å². The molecular formula is C18H17F2N3O3S. The van der Waals surface area contributed by atoms with Gasteiger partial charge in [0.25, 0.3) is 0 Å². The van der Waals surface area contributed by atoms with Gasteiger partial charge in [-0.25, -0.2) is 17.2 Å². The summed E-state index contributed by atoms with van der Waals surface area (Å²) in [6, 6.07) is 10.8. The van der Waals surface area contributed by atoms with Crippen LogP contribution in [0.4, 0.5) is 8.78 Å². The van der Waals surface area contributed by atoms with Crippen LogP contribution >= 0.6 is 0 Å². The second kappa shape index (κ2) is 8.24. The van der Waals surface area contributed by atoms with E-state index in [1.807, 2.05) is 6.07 Å². The lowest BCUT2D eigenvalue weighted by molar-refractivity contribution is -0.130. The molecule has 2 aromatic rings. The Morgan fingerprint density at radius 2 is 1.78 bits per heavy atom. The Morgan fingerprint density at radius 1 is 1.11 bits per heavy atom. The standard InChI is InChI=1S/C18H17F2N3O3S/c1-22(11-13-7-8-15(19)16(20)9-13)18(24)12-23(2)27(25,26)17-6-4-3-5-14(17)10-21/h3-9H,11-12H2,1-2H3. The van der Waals surface area contributed by atoms with Gasteiger partial charge in [0.05, 0.1) is 17.0 Å². The number of hydrogen-bond acceptors (Lipinski definition) is 4. The molecule has 0 saturated carbocycles. The van der Waals surface area contributed by atoms with Gasteiger partial charge in [0.15, 0.2) is 11.6 Å². The van der Waals surface area contributed by atoms with E-state index in [0.717, 1.165) is 16.4 Å². The van der Waals surface area contributed by atoms with Crippen molar-refractivity contribution in [3.8, 4) is 6.07 Å². The molecule has 0 unspecified atom stereocenters. The summed E-state index contributed by atoms with van der Waals surface area (Å²) in [7, 11) is -1.39. The van der Waals surface area contributed by atoms with Crippen LogP contribution in [0.5, 0.6) is 0 Å². The van der Waals surface area contributed by atoms with E-state index < -0.39 is 34.1 Å². The van der Waals surface area contributed by atoms with Gasteiger partial charge in [-0.1, -0.05) is 18.2 Å². The smallest absolute Gasteiger partial charge is 0.244 e. The van der Waals surface area contributed by atoms with Crippen LogP contribution in [0, 0.1) is 23.0 Å². The number of hydrogen-bond donors (Lipinski definition) is 0. The topological polar surface area (TPSA) is 81.5 Å². The zero-order chi connectivity index (χ0) is 20.2. The lowest BCUT2D eigenvalue weighted by Crippen LogP contribution is -2.39. The summed E-state index contributed by atoms with van der Waals surface area (Å²) in [5.41, 5.74) is 0.344. The molecule has 0 aliphatic carbocycles. The van der Waals surface area contributed by atoms with E-state index in [0.29, 0.717) is 5.56 Å². The van der Waals surface area contributed by atoms with Crippen LogP contribution < -0.4 is 0 Å². The summed E-state index contributed by atoms with van der Waals surface area (Å²) >= 11 is 0. The number of amides is 1. The van der Waals surface area contributed by atoms with Gasteiger partial charge in [-0.3, -0.25) is 4.79 Å². The SMILES string of the molecule is CN(Cc1ccc(F)c(F)c1)C(=O)CN(C)S(=O)(=O)c1ccccc1C#N. The second-order valence-corrected chi connectivity index (χ2v) is 7.88. The molecule has 0 fully saturated rings. The van der Waals surface area contributed by atoms with E-state index in [1.165, 1.54) is 43.3 Å². The van der Waals surface area contributed by atoms with Crippen molar-refractivity contribution >= 4 is 15.9 Å². The molecule has 0 aliphatic rings. The summed E-state index contributed by atoms with van der Waals surface area (Å²) in [5.74, 6) is -2.56. The Balaban J connectivity index is 2.11. The number of carbonyl (C=O) groups is 1. The van der Waals surface area contributed by atoms with Crippen LogP contribution in [-0.2, 0) is 21.4 Å². The lowest BCUT2D eigenvalue weighted by atomic mass is 10.2. The number of nitriles is 1. The van der Waals surface area contributed by atoms with Crippen LogP contribution in [0.2, 0.25) is 0 Å². The predicted molar refractivity (Wildman–Crippen MR) is 93.8 cm³/mol. The van der Waals surface area contributed by atoms with Crippen molar-refractivity contribution in [2.75, 3.05) is 20.6 Å². The summed E-state index contributed by atoms with van der Waals surface area (Å²) in [6.45, 7) is -0.485. The van der Waals surface area contributed by atoms with Crippen molar-refractivity contribution in [2.45, 2.75) is 11.4 Å². The molecule has 0 radical (unpaired) electrons. The number of halogens is 2. The predicted octanol–water partition coefficient (Wildman–Crippen LogP) is 2.12. The van der Waals surface area contributed by atoms with Gasteiger partial charge < -0.3 is 4.90 Å². The minimum absolute atomic E-state index is 0.0152. The van der Waals surface area contributed by atoms with Gasteiger partial charge in [-0.05, 0) is 29.8 Å². The first-order valence-corrected chi connectivity index (χ1v) is 9.24. The van der Waals surface area contributed by atoms with E-state index in [-0.39, 0.29) is 17.0 Å². The largest absolute Gasteiger partial charge is 0.340 e. The Hall–Kier alpha value is -2.83. The molecule has 0 atom stereocenters. The molecule has 0 aliphatic heterocycles. The average molecular weight is 393 g/mol. The van der Waals surface area contributed by atoms with Crippen LogP contribution in [0.1, 0.15) is 11.1 Å². The van der Waals surface area contributed by atoms with Gasteiger partial charge in [-0.2, -0.15) is 9.57 Å². The molecule has 142 valence electrons. The average Bonchev–Trinajstić information content (AvgIpc) is 2.64. The molecular weight excluding hydrogens is 376 g/mol. The molecule has 0 N–H and O–H groups in total. The van der Waals surface area contributed by atoms with Gasteiger partial charge >= 0.3 is 0 Å². The summed E-state index contributed by atoms with van der Waals surface area (Å²) < 4.78 is 52.3. The minimum Gasteiger partial charge on any atom is -0.340 e. The Morgan fingerprint density at radius 3 is 2.41 bits per heavy atom. The van der Waals surface area contributed by atoms with Crippen molar-refractivity contribution in [3.63, 3.8) is 0 Å². The maximum Gasteiger partial charge on any atom is 0.244 e. The van der Waals surface area contributed by atoms with Gasteiger partial charge in [0.1, 0.15) is 6.07 Å². The molecule has 0 aromatic heterocycles. The number of nitrogens with zero attached hydrogens (tertiary/aromatic N) is 3. The Labute approximate surface area is 156 Å². The van der Waals surface area contributed by atoms with Crippen LogP contribution in [0.15, 0.2) is 47.4 Å². The normalized spacial score (nSPS) is 11.3. The number of benzene rings is 2. The van der Waals surface area contributed by atoms with E-state index in [4.69, 9.17) is 5.26 Å². The van der Waals surface area contributed by atoms with Crippen LogP contribution in [0.25, 0.3) is 0 Å². The molecule has 0 saturated heterocycles. The lowest BCUT2D eigenvalue weighted by Gasteiger charge is -2.22. The first-order valence-electron chi connectivity index (χ1n) is 7.80. The van der Waals surface area contributed by atoms with Gasteiger partial charge in [-0.15, -0.1) is 0 Å². The highest BCUT2D eigenvalue weighted by Crippen LogP contribution is 2.19. The molecule has 6 nitrogen and oxygen atoms in total. The van der Waals surface area contributed by atoms with E-state index in [1.54, 1.807) is 6.07 Å². The third-order valence-electron chi connectivity index (χ3n) is 3.88. The van der Waals surface area contributed by atoms with Gasteiger partial charge in [0, 0.05) is 20.6 Å². The van der Waals surface area contributed by atoms with Crippen LogP contribution in [0.3, 0.4) is 0 Å². The minimum atomic E-state index is -4.04. The third-order valence-corrected chi connectivity index (χ3v) is 5.74. The van der Waals surface area contributed by atoms with Crippen molar-refractivity contribution in [2.24, 2.45) is 0 Å². The highest BCUT2D eigenvalue weighted by atomic mass is 32.2. The van der Waals surface area contributed by atoms with Crippen molar-refractivity contribution in [3.05, 3.63) is 65.2 Å². The van der Waals surface area contributed by atoms with Crippen molar-refractivity contribution in [1.29, 1.82) is 5.26 Å². The van der Waals surface area contributed by atoms with E-state index >= 15 is 0 Å². The molecule has 0 spiro atoms. The zero-order valence-electron chi connectivity index (χ0n) is 14.7. The first-order chi connectivity index (χ1) is 12.7. The molecule has 27 heavy (non-hydrogen) atoms. The fourth-order valence-electron chi connectivity index (χ4n) is 2.35. The van der Waals surface area contributed by atoms with Crippen LogP contribution in [-0.4, -0.2) is 44.2 Å². The number of carbonyl (C=O) groups excluding carboxylic acids is 1. The van der Waals surface area contributed by atoms with Crippen molar-refractivity contribution in [1.82, 2.24) is 9.21 Å². The fraction of sp³-hybridized carbons (Fsp3) is 0.222. The maximum atomic E-state index is 13.3.